The molecule has 2 aromatic rings. The molecule has 0 aromatic heterocycles. The fourth-order valence-corrected chi connectivity index (χ4v) is 4.88. The summed E-state index contributed by atoms with van der Waals surface area (Å²) in [6.45, 7) is 1.57. The Morgan fingerprint density at radius 3 is 2.54 bits per heavy atom. The van der Waals surface area contributed by atoms with Crippen molar-refractivity contribution in [3.8, 4) is 0 Å². The van der Waals surface area contributed by atoms with Gasteiger partial charge in [0.2, 0.25) is 10.0 Å². The summed E-state index contributed by atoms with van der Waals surface area (Å²) in [4.78, 5) is 2.09. The fraction of sp³-hybridized carbons (Fsp3) is 0.400. The lowest BCUT2D eigenvalue weighted by Gasteiger charge is -2.36. The first kappa shape index (κ1) is 21.6. The average Bonchev–Trinajstić information content (AvgIpc) is 2.67. The van der Waals surface area contributed by atoms with Crippen molar-refractivity contribution in [2.45, 2.75) is 34.8 Å². The number of benzene rings is 2. The van der Waals surface area contributed by atoms with Gasteiger partial charge in [-0.1, -0.05) is 41.6 Å². The third kappa shape index (κ3) is 5.49. The van der Waals surface area contributed by atoms with E-state index in [0.29, 0.717) is 18.2 Å². The average molecular weight is 442 g/mol. The Balaban J connectivity index is 1.76. The van der Waals surface area contributed by atoms with Crippen LogP contribution in [0.25, 0.3) is 0 Å². The molecule has 8 heteroatoms. The second kappa shape index (κ2) is 9.15. The molecule has 3 rings (SSSR count). The molecule has 152 valence electrons. The third-order valence-electron chi connectivity index (χ3n) is 4.84. The number of methoxy groups -OCH3 is 1. The maximum atomic E-state index is 11.3. The number of hydrogen-bond donors (Lipinski definition) is 1. The van der Waals surface area contributed by atoms with Gasteiger partial charge < -0.3 is 9.47 Å². The predicted molar refractivity (Wildman–Crippen MR) is 112 cm³/mol. The van der Waals surface area contributed by atoms with Crippen LogP contribution in [0.15, 0.2) is 52.3 Å². The molecule has 1 fully saturated rings. The van der Waals surface area contributed by atoms with Crippen molar-refractivity contribution in [2.24, 2.45) is 0 Å². The molecule has 28 heavy (non-hydrogen) atoms. The Morgan fingerprint density at radius 1 is 1.18 bits per heavy atom. The van der Waals surface area contributed by atoms with Gasteiger partial charge in [-0.2, -0.15) is 0 Å². The van der Waals surface area contributed by atoms with E-state index >= 15 is 0 Å². The molecule has 0 atom stereocenters. The minimum atomic E-state index is -3.26. The topological polar surface area (TPSA) is 64.6 Å². The molecule has 2 aromatic carbocycles. The standard InChI is InChI=1S/C20H24ClNO4S2/c1-25-20(8-10-26-11-9-20)16-4-3-5-17(12-16)27-18-7-6-15(19(21)13-18)14-22-28(2,23)24/h3-7,12-13,22H,8-11,14H2,1-2H3. The second-order valence-electron chi connectivity index (χ2n) is 6.79. The van der Waals surface area contributed by atoms with Crippen LogP contribution < -0.4 is 4.72 Å². The summed E-state index contributed by atoms with van der Waals surface area (Å²) < 4.78 is 36.4. The summed E-state index contributed by atoms with van der Waals surface area (Å²) in [5, 5.41) is 0.537. The molecule has 1 aliphatic heterocycles. The minimum Gasteiger partial charge on any atom is -0.381 e. The SMILES string of the molecule is COC1(c2cccc(Sc3ccc(CNS(C)(=O)=O)c(Cl)c3)c2)CCOCC1. The highest BCUT2D eigenvalue weighted by Gasteiger charge is 2.34. The molecule has 0 spiro atoms. The van der Waals surface area contributed by atoms with Crippen LogP contribution in [-0.2, 0) is 31.6 Å². The van der Waals surface area contributed by atoms with Crippen molar-refractivity contribution in [1.82, 2.24) is 4.72 Å². The van der Waals surface area contributed by atoms with Crippen LogP contribution in [0.2, 0.25) is 5.02 Å². The molecule has 1 aliphatic rings. The van der Waals surface area contributed by atoms with Gasteiger partial charge in [-0.05, 0) is 35.4 Å². The smallest absolute Gasteiger partial charge is 0.209 e. The van der Waals surface area contributed by atoms with Gasteiger partial charge >= 0.3 is 0 Å². The molecule has 0 amide bonds. The van der Waals surface area contributed by atoms with Crippen LogP contribution in [0.4, 0.5) is 0 Å². The Morgan fingerprint density at radius 2 is 1.89 bits per heavy atom. The van der Waals surface area contributed by atoms with E-state index in [1.165, 1.54) is 0 Å². The van der Waals surface area contributed by atoms with E-state index in [4.69, 9.17) is 21.1 Å². The Hall–Kier alpha value is -1.09. The summed E-state index contributed by atoms with van der Waals surface area (Å²) >= 11 is 7.95. The van der Waals surface area contributed by atoms with E-state index < -0.39 is 10.0 Å². The number of ether oxygens (including phenoxy) is 2. The van der Waals surface area contributed by atoms with Crippen molar-refractivity contribution in [2.75, 3.05) is 26.6 Å². The predicted octanol–water partition coefficient (Wildman–Crippen LogP) is 4.19. The molecule has 0 radical (unpaired) electrons. The largest absolute Gasteiger partial charge is 0.381 e. The van der Waals surface area contributed by atoms with Gasteiger partial charge in [-0.3, -0.25) is 0 Å². The van der Waals surface area contributed by atoms with Gasteiger partial charge in [-0.15, -0.1) is 0 Å². The summed E-state index contributed by atoms with van der Waals surface area (Å²) in [6, 6.07) is 14.0. The van der Waals surface area contributed by atoms with E-state index in [-0.39, 0.29) is 12.1 Å². The Kier molecular flexibility index (Phi) is 7.07. The van der Waals surface area contributed by atoms with Crippen molar-refractivity contribution in [3.63, 3.8) is 0 Å². The quantitative estimate of drug-likeness (QED) is 0.697. The zero-order valence-corrected chi connectivity index (χ0v) is 18.3. The molecular weight excluding hydrogens is 418 g/mol. The summed E-state index contributed by atoms with van der Waals surface area (Å²) in [7, 11) is -1.50. The van der Waals surface area contributed by atoms with Crippen LogP contribution in [-0.4, -0.2) is 35.0 Å². The Labute approximate surface area is 175 Å². The molecule has 0 aliphatic carbocycles. The Bertz CT molecular complexity index is 928. The van der Waals surface area contributed by atoms with E-state index in [1.807, 2.05) is 24.3 Å². The van der Waals surface area contributed by atoms with Gasteiger partial charge in [0.1, 0.15) is 0 Å². The van der Waals surface area contributed by atoms with E-state index in [2.05, 4.69) is 22.9 Å². The van der Waals surface area contributed by atoms with Gasteiger partial charge in [0.15, 0.2) is 0 Å². The molecule has 1 heterocycles. The van der Waals surface area contributed by atoms with Crippen LogP contribution in [0.3, 0.4) is 0 Å². The van der Waals surface area contributed by atoms with Crippen molar-refractivity contribution in [3.05, 3.63) is 58.6 Å². The molecule has 5 nitrogen and oxygen atoms in total. The molecule has 1 saturated heterocycles. The molecule has 0 unspecified atom stereocenters. The van der Waals surface area contributed by atoms with Crippen LogP contribution in [0.5, 0.6) is 0 Å². The first-order valence-electron chi connectivity index (χ1n) is 8.96. The molecule has 1 N–H and O–H groups in total. The molecule has 0 saturated carbocycles. The zero-order chi connectivity index (χ0) is 20.2. The van der Waals surface area contributed by atoms with Crippen LogP contribution in [0.1, 0.15) is 24.0 Å². The summed E-state index contributed by atoms with van der Waals surface area (Å²) in [5.74, 6) is 0. The fourth-order valence-electron chi connectivity index (χ4n) is 3.23. The maximum Gasteiger partial charge on any atom is 0.209 e. The third-order valence-corrected chi connectivity index (χ3v) is 6.84. The van der Waals surface area contributed by atoms with Gasteiger partial charge in [0.05, 0.1) is 11.9 Å². The number of halogens is 1. The highest BCUT2D eigenvalue weighted by Crippen LogP contribution is 2.38. The van der Waals surface area contributed by atoms with Crippen molar-refractivity contribution in [1.29, 1.82) is 0 Å². The number of rotatable bonds is 7. The minimum absolute atomic E-state index is 0.177. The van der Waals surface area contributed by atoms with Crippen molar-refractivity contribution < 1.29 is 17.9 Å². The van der Waals surface area contributed by atoms with Gasteiger partial charge in [-0.25, -0.2) is 13.1 Å². The van der Waals surface area contributed by atoms with E-state index in [0.717, 1.165) is 40.0 Å². The van der Waals surface area contributed by atoms with Crippen molar-refractivity contribution >= 4 is 33.4 Å². The van der Waals surface area contributed by atoms with Gasteiger partial charge in [0, 0.05) is 54.5 Å². The summed E-state index contributed by atoms with van der Waals surface area (Å²) in [5.41, 5.74) is 1.60. The monoisotopic (exact) mass is 441 g/mol. The number of hydrogen-bond acceptors (Lipinski definition) is 5. The normalized spacial score (nSPS) is 16.8. The van der Waals surface area contributed by atoms with E-state index in [9.17, 15) is 8.42 Å². The maximum absolute atomic E-state index is 11.3. The van der Waals surface area contributed by atoms with Crippen LogP contribution in [0, 0.1) is 0 Å². The highest BCUT2D eigenvalue weighted by atomic mass is 35.5. The highest BCUT2D eigenvalue weighted by molar-refractivity contribution is 7.99. The van der Waals surface area contributed by atoms with Gasteiger partial charge in [0.25, 0.3) is 0 Å². The lowest BCUT2D eigenvalue weighted by atomic mass is 9.86. The zero-order valence-electron chi connectivity index (χ0n) is 15.9. The first-order chi connectivity index (χ1) is 13.3. The number of sulfonamides is 1. The lowest BCUT2D eigenvalue weighted by Crippen LogP contribution is -2.35. The van der Waals surface area contributed by atoms with E-state index in [1.54, 1.807) is 18.9 Å². The molecular formula is C20H24ClNO4S2. The molecule has 0 bridgehead atoms. The summed E-state index contributed by atoms with van der Waals surface area (Å²) in [6.07, 6.45) is 2.81. The second-order valence-corrected chi connectivity index (χ2v) is 10.2. The first-order valence-corrected chi connectivity index (χ1v) is 12.0. The van der Waals surface area contributed by atoms with Crippen LogP contribution >= 0.6 is 23.4 Å². The number of nitrogens with one attached hydrogen (secondary N) is 1. The lowest BCUT2D eigenvalue weighted by molar-refractivity contribution is -0.0948.